The average Bonchev–Trinajstić information content (AvgIpc) is 3.22. The van der Waals surface area contributed by atoms with E-state index in [2.05, 4.69) is 98.4 Å². The highest BCUT2D eigenvalue weighted by molar-refractivity contribution is 9.10. The second kappa shape index (κ2) is 7.87. The average molecular weight is 425 g/mol. The maximum absolute atomic E-state index is 4.92. The lowest BCUT2D eigenvalue weighted by Gasteiger charge is -2.18. The smallest absolute Gasteiger partial charge is 0.215 e. The van der Waals surface area contributed by atoms with Gasteiger partial charge in [-0.05, 0) is 55.9 Å². The number of hydrogen-bond acceptors (Lipinski definition) is 2. The van der Waals surface area contributed by atoms with E-state index in [0.717, 1.165) is 53.9 Å². The van der Waals surface area contributed by atoms with Crippen LogP contribution in [0.25, 0.3) is 28.1 Å². The lowest BCUT2D eigenvalue weighted by Crippen LogP contribution is -2.24. The molecule has 0 atom stereocenters. The van der Waals surface area contributed by atoms with Crippen LogP contribution in [0.2, 0.25) is 0 Å². The van der Waals surface area contributed by atoms with E-state index < -0.39 is 0 Å². The Morgan fingerprint density at radius 2 is 1.74 bits per heavy atom. The van der Waals surface area contributed by atoms with Crippen molar-refractivity contribution in [3.8, 4) is 11.3 Å². The van der Waals surface area contributed by atoms with Gasteiger partial charge in [0.1, 0.15) is 0 Å². The van der Waals surface area contributed by atoms with Gasteiger partial charge in [0.15, 0.2) is 0 Å². The van der Waals surface area contributed by atoms with Crippen LogP contribution in [0.15, 0.2) is 59.2 Å². The van der Waals surface area contributed by atoms with E-state index in [1.807, 2.05) is 0 Å². The summed E-state index contributed by atoms with van der Waals surface area (Å²) in [5.74, 6) is 1.02. The van der Waals surface area contributed by atoms with Gasteiger partial charge >= 0.3 is 0 Å². The van der Waals surface area contributed by atoms with Crippen LogP contribution in [0, 0.1) is 0 Å². The van der Waals surface area contributed by atoms with Crippen molar-refractivity contribution < 1.29 is 0 Å². The first-order valence-corrected chi connectivity index (χ1v) is 10.4. The van der Waals surface area contributed by atoms with Gasteiger partial charge in [-0.2, -0.15) is 0 Å². The molecule has 140 valence electrons. The lowest BCUT2D eigenvalue weighted by molar-refractivity contribution is 0.294. The summed E-state index contributed by atoms with van der Waals surface area (Å²) in [4.78, 5) is 7.39. The van der Waals surface area contributed by atoms with Crippen molar-refractivity contribution in [2.75, 3.05) is 19.6 Å². The van der Waals surface area contributed by atoms with Gasteiger partial charge in [0.25, 0.3) is 0 Å². The summed E-state index contributed by atoms with van der Waals surface area (Å²) in [5.41, 5.74) is 4.65. The molecule has 0 aliphatic heterocycles. The fourth-order valence-corrected chi connectivity index (χ4v) is 3.98. The van der Waals surface area contributed by atoms with Gasteiger partial charge in [0, 0.05) is 17.2 Å². The van der Waals surface area contributed by atoms with Crippen LogP contribution < -0.4 is 0 Å². The molecule has 4 rings (SSSR count). The molecule has 0 bridgehead atoms. The number of para-hydroxylation sites is 2. The molecule has 4 aromatic rings. The molecule has 0 saturated heterocycles. The zero-order chi connectivity index (χ0) is 18.8. The summed E-state index contributed by atoms with van der Waals surface area (Å²) in [5, 5.41) is 0. The molecule has 0 N–H and O–H groups in total. The van der Waals surface area contributed by atoms with E-state index in [1.54, 1.807) is 0 Å². The number of nitrogens with zero attached hydrogens (tertiary/aromatic N) is 4. The second-order valence-electron chi connectivity index (χ2n) is 6.82. The quantitative estimate of drug-likeness (QED) is 0.394. The minimum Gasteiger partial charge on any atom is -0.310 e. The highest BCUT2D eigenvalue weighted by Gasteiger charge is 2.15. The van der Waals surface area contributed by atoms with E-state index in [-0.39, 0.29) is 0 Å². The number of aromatic nitrogens is 3. The molecule has 0 radical (unpaired) electrons. The fraction of sp³-hybridized carbons (Fsp3) is 0.318. The van der Waals surface area contributed by atoms with Crippen molar-refractivity contribution >= 4 is 32.7 Å². The minimum absolute atomic E-state index is 0.960. The predicted octanol–water partition coefficient (Wildman–Crippen LogP) is 5.45. The summed E-state index contributed by atoms with van der Waals surface area (Å²) >= 11 is 3.54. The first-order chi connectivity index (χ1) is 13.2. The maximum atomic E-state index is 4.92. The van der Waals surface area contributed by atoms with E-state index in [1.165, 1.54) is 11.3 Å². The zero-order valence-electron chi connectivity index (χ0n) is 15.9. The number of rotatable bonds is 7. The van der Waals surface area contributed by atoms with Crippen molar-refractivity contribution in [1.29, 1.82) is 0 Å². The first-order valence-electron chi connectivity index (χ1n) is 9.66. The molecule has 4 nitrogen and oxygen atoms in total. The van der Waals surface area contributed by atoms with Crippen molar-refractivity contribution in [2.45, 2.75) is 26.8 Å². The van der Waals surface area contributed by atoms with Crippen molar-refractivity contribution in [2.24, 2.45) is 0 Å². The molecule has 2 aromatic carbocycles. The molecule has 0 aliphatic carbocycles. The molecule has 0 aliphatic rings. The van der Waals surface area contributed by atoms with E-state index in [9.17, 15) is 0 Å². The van der Waals surface area contributed by atoms with Gasteiger partial charge in [0.05, 0.1) is 16.7 Å². The molecule has 5 heteroatoms. The molecule has 0 unspecified atom stereocenters. The highest BCUT2D eigenvalue weighted by atomic mass is 79.9. The maximum Gasteiger partial charge on any atom is 0.215 e. The number of fused-ring (bicyclic) bond motifs is 3. The third kappa shape index (κ3) is 3.54. The largest absolute Gasteiger partial charge is 0.310 e. The molecule has 2 aromatic heterocycles. The fourth-order valence-electron chi connectivity index (χ4n) is 3.71. The van der Waals surface area contributed by atoms with Crippen LogP contribution in [0.4, 0.5) is 0 Å². The Hall–Kier alpha value is -2.11. The lowest BCUT2D eigenvalue weighted by atomic mass is 10.1. The van der Waals surface area contributed by atoms with Gasteiger partial charge < -0.3 is 9.47 Å². The number of hydrogen-bond donors (Lipinski definition) is 0. The van der Waals surface area contributed by atoms with E-state index >= 15 is 0 Å². The predicted molar refractivity (Wildman–Crippen MR) is 116 cm³/mol. The molecule has 0 spiro atoms. The topological polar surface area (TPSA) is 25.5 Å². The molecular formula is C22H25BrN4. The first kappa shape index (κ1) is 18.3. The van der Waals surface area contributed by atoms with Crippen LogP contribution in [0.5, 0.6) is 0 Å². The van der Waals surface area contributed by atoms with Gasteiger partial charge in [-0.3, -0.25) is 4.40 Å². The van der Waals surface area contributed by atoms with Crippen molar-refractivity contribution in [3.63, 3.8) is 0 Å². The van der Waals surface area contributed by atoms with Crippen molar-refractivity contribution in [3.05, 3.63) is 59.2 Å². The van der Waals surface area contributed by atoms with Gasteiger partial charge in [0.2, 0.25) is 5.78 Å². The monoisotopic (exact) mass is 424 g/mol. The molecule has 2 heterocycles. The molecule has 27 heavy (non-hydrogen) atoms. The Kier molecular flexibility index (Phi) is 5.32. The number of aryl methyl sites for hydroxylation is 1. The summed E-state index contributed by atoms with van der Waals surface area (Å²) < 4.78 is 5.69. The van der Waals surface area contributed by atoms with Gasteiger partial charge in [-0.1, -0.05) is 54.0 Å². The Labute approximate surface area is 168 Å². The number of benzene rings is 2. The number of halogens is 1. The zero-order valence-corrected chi connectivity index (χ0v) is 17.5. The summed E-state index contributed by atoms with van der Waals surface area (Å²) in [6.45, 7) is 8.73. The summed E-state index contributed by atoms with van der Waals surface area (Å²) in [6, 6.07) is 16.9. The summed E-state index contributed by atoms with van der Waals surface area (Å²) in [7, 11) is 0. The standard InChI is InChI=1S/C22H25BrN4/c1-3-25(4-2)14-7-15-26-21(17-10-12-18(23)13-11-17)16-27-20-9-6-5-8-19(20)24-22(26)27/h5-6,8-13,16H,3-4,7,14-15H2,1-2H3. The van der Waals surface area contributed by atoms with Crippen LogP contribution in [-0.4, -0.2) is 38.5 Å². The van der Waals surface area contributed by atoms with Crippen LogP contribution in [0.3, 0.4) is 0 Å². The summed E-state index contributed by atoms with van der Waals surface area (Å²) in [6.07, 6.45) is 3.34. The Morgan fingerprint density at radius 3 is 2.48 bits per heavy atom. The third-order valence-corrected chi connectivity index (χ3v) is 5.78. The minimum atomic E-state index is 0.960. The molecule has 0 saturated carbocycles. The van der Waals surface area contributed by atoms with E-state index in [0.29, 0.717) is 0 Å². The Bertz CT molecular complexity index is 1040. The Balaban J connectivity index is 1.77. The van der Waals surface area contributed by atoms with Crippen LogP contribution >= 0.6 is 15.9 Å². The Morgan fingerprint density at radius 1 is 1.00 bits per heavy atom. The van der Waals surface area contributed by atoms with E-state index in [4.69, 9.17) is 4.98 Å². The number of imidazole rings is 2. The van der Waals surface area contributed by atoms with Gasteiger partial charge in [-0.15, -0.1) is 0 Å². The van der Waals surface area contributed by atoms with Gasteiger partial charge in [-0.25, -0.2) is 4.98 Å². The van der Waals surface area contributed by atoms with Crippen molar-refractivity contribution in [1.82, 2.24) is 18.9 Å². The van der Waals surface area contributed by atoms with Crippen LogP contribution in [0.1, 0.15) is 20.3 Å². The molecular weight excluding hydrogens is 400 g/mol. The normalized spacial score (nSPS) is 11.9. The molecule has 0 fully saturated rings. The highest BCUT2D eigenvalue weighted by Crippen LogP contribution is 2.28. The SMILES string of the molecule is CCN(CC)CCCn1c(-c2ccc(Br)cc2)cn2c3ccccc3nc12. The second-order valence-corrected chi connectivity index (χ2v) is 7.74. The van der Waals surface area contributed by atoms with Crippen LogP contribution in [-0.2, 0) is 6.54 Å². The molecule has 0 amide bonds. The third-order valence-electron chi connectivity index (χ3n) is 5.25.